The van der Waals surface area contributed by atoms with Crippen LogP contribution in [0.15, 0.2) is 28.4 Å². The van der Waals surface area contributed by atoms with E-state index in [-0.39, 0.29) is 6.10 Å². The second-order valence-corrected chi connectivity index (χ2v) is 6.37. The monoisotopic (exact) mass is 292 g/mol. The van der Waals surface area contributed by atoms with Crippen LogP contribution in [0.4, 0.5) is 0 Å². The lowest BCUT2D eigenvalue weighted by Gasteiger charge is -2.32. The molecule has 4 nitrogen and oxygen atoms in total. The number of furan rings is 1. The summed E-state index contributed by atoms with van der Waals surface area (Å²) in [4.78, 5) is 7.09. The quantitative estimate of drug-likeness (QED) is 0.941. The third-order valence-corrected chi connectivity index (χ3v) is 4.96. The summed E-state index contributed by atoms with van der Waals surface area (Å²) in [6, 6.07) is 1.94. The van der Waals surface area contributed by atoms with Gasteiger partial charge in [0.1, 0.15) is 11.3 Å². The fraction of sp³-hybridized carbons (Fsp3) is 0.533. The molecule has 2 aromatic rings. The van der Waals surface area contributed by atoms with E-state index in [2.05, 4.69) is 15.3 Å². The Morgan fingerprint density at radius 3 is 2.95 bits per heavy atom. The predicted molar refractivity (Wildman–Crippen MR) is 79.5 cm³/mol. The Morgan fingerprint density at radius 1 is 1.50 bits per heavy atom. The Morgan fingerprint density at radius 2 is 2.30 bits per heavy atom. The zero-order valence-corrected chi connectivity index (χ0v) is 12.5. The highest BCUT2D eigenvalue weighted by atomic mass is 32.1. The average molecular weight is 292 g/mol. The van der Waals surface area contributed by atoms with Crippen LogP contribution >= 0.6 is 11.3 Å². The van der Waals surface area contributed by atoms with Gasteiger partial charge in [-0.15, -0.1) is 11.3 Å². The maximum Gasteiger partial charge on any atom is 0.126 e. The molecular weight excluding hydrogens is 272 g/mol. The van der Waals surface area contributed by atoms with Gasteiger partial charge < -0.3 is 9.52 Å². The van der Waals surface area contributed by atoms with Crippen molar-refractivity contribution >= 4 is 11.3 Å². The lowest BCUT2D eigenvalue weighted by atomic mass is 9.92. The average Bonchev–Trinajstić information content (AvgIpc) is 3.09. The first-order valence-electron chi connectivity index (χ1n) is 7.10. The third kappa shape index (κ3) is 3.11. The van der Waals surface area contributed by atoms with Crippen LogP contribution in [0.2, 0.25) is 0 Å². The van der Waals surface area contributed by atoms with Gasteiger partial charge in [0, 0.05) is 17.5 Å². The largest absolute Gasteiger partial charge is 0.472 e. The Labute approximate surface area is 123 Å². The molecule has 2 aromatic heterocycles. The van der Waals surface area contributed by atoms with Gasteiger partial charge in [-0.05, 0) is 44.8 Å². The Balaban J connectivity index is 1.57. The number of thiazole rings is 1. The molecular formula is C15H20N2O2S. The van der Waals surface area contributed by atoms with Gasteiger partial charge in [0.15, 0.2) is 0 Å². The summed E-state index contributed by atoms with van der Waals surface area (Å²) < 4.78 is 5.09. The fourth-order valence-electron chi connectivity index (χ4n) is 2.72. The SMILES string of the molecule is CC(O)C1CCN(Cc2csc(-c3ccoc3)n2)CC1. The molecule has 1 fully saturated rings. The topological polar surface area (TPSA) is 49.5 Å². The van der Waals surface area contributed by atoms with Gasteiger partial charge in [0.25, 0.3) is 0 Å². The number of piperidine rings is 1. The van der Waals surface area contributed by atoms with E-state index in [0.717, 1.165) is 48.7 Å². The van der Waals surface area contributed by atoms with Crippen LogP contribution in [0.3, 0.4) is 0 Å². The first-order chi connectivity index (χ1) is 9.72. The molecule has 20 heavy (non-hydrogen) atoms. The van der Waals surface area contributed by atoms with Gasteiger partial charge in [0.2, 0.25) is 0 Å². The molecule has 1 unspecified atom stereocenters. The van der Waals surface area contributed by atoms with Crippen molar-refractivity contribution in [1.82, 2.24) is 9.88 Å². The van der Waals surface area contributed by atoms with Gasteiger partial charge >= 0.3 is 0 Å². The summed E-state index contributed by atoms with van der Waals surface area (Å²) in [5, 5.41) is 12.8. The van der Waals surface area contributed by atoms with E-state index in [1.807, 2.05) is 13.0 Å². The van der Waals surface area contributed by atoms with Gasteiger partial charge in [0.05, 0.1) is 18.1 Å². The molecule has 1 aliphatic rings. The van der Waals surface area contributed by atoms with Crippen molar-refractivity contribution in [3.05, 3.63) is 29.7 Å². The van der Waals surface area contributed by atoms with E-state index < -0.39 is 0 Å². The molecule has 0 radical (unpaired) electrons. The number of aromatic nitrogens is 1. The number of hydrogen-bond donors (Lipinski definition) is 1. The summed E-state index contributed by atoms with van der Waals surface area (Å²) >= 11 is 1.66. The first-order valence-corrected chi connectivity index (χ1v) is 7.98. The zero-order chi connectivity index (χ0) is 13.9. The smallest absolute Gasteiger partial charge is 0.126 e. The summed E-state index contributed by atoms with van der Waals surface area (Å²) in [5.41, 5.74) is 2.18. The minimum atomic E-state index is -0.177. The number of aliphatic hydroxyl groups is 1. The Bertz CT molecular complexity index is 528. The third-order valence-electron chi connectivity index (χ3n) is 4.02. The number of nitrogens with zero attached hydrogens (tertiary/aromatic N) is 2. The van der Waals surface area contributed by atoms with Crippen LogP contribution in [-0.4, -0.2) is 34.2 Å². The van der Waals surface area contributed by atoms with Crippen LogP contribution < -0.4 is 0 Å². The second-order valence-electron chi connectivity index (χ2n) is 5.51. The second kappa shape index (κ2) is 6.08. The fourth-order valence-corrected chi connectivity index (χ4v) is 3.52. The summed E-state index contributed by atoms with van der Waals surface area (Å²) in [6.45, 7) is 4.90. The lowest BCUT2D eigenvalue weighted by molar-refractivity contribution is 0.0692. The molecule has 1 aliphatic heterocycles. The molecule has 3 rings (SSSR count). The molecule has 0 aromatic carbocycles. The summed E-state index contributed by atoms with van der Waals surface area (Å²) in [5.74, 6) is 0.461. The van der Waals surface area contributed by atoms with Crippen molar-refractivity contribution in [1.29, 1.82) is 0 Å². The standard InChI is InChI=1S/C15H20N2O2S/c1-11(18)12-2-5-17(6-3-12)8-14-10-20-15(16-14)13-4-7-19-9-13/h4,7,9-12,18H,2-3,5-6,8H2,1H3. The van der Waals surface area contributed by atoms with E-state index in [9.17, 15) is 5.11 Å². The van der Waals surface area contributed by atoms with Gasteiger partial charge in [-0.3, -0.25) is 4.90 Å². The van der Waals surface area contributed by atoms with Gasteiger partial charge in [-0.1, -0.05) is 0 Å². The van der Waals surface area contributed by atoms with Crippen LogP contribution in [0.5, 0.6) is 0 Å². The normalized spacial score (nSPS) is 19.3. The van der Waals surface area contributed by atoms with E-state index in [0.29, 0.717) is 5.92 Å². The van der Waals surface area contributed by atoms with E-state index in [1.165, 1.54) is 0 Å². The molecule has 1 saturated heterocycles. The Hall–Kier alpha value is -1.17. The van der Waals surface area contributed by atoms with Crippen molar-refractivity contribution in [3.8, 4) is 10.6 Å². The van der Waals surface area contributed by atoms with Crippen molar-refractivity contribution in [2.75, 3.05) is 13.1 Å². The minimum Gasteiger partial charge on any atom is -0.472 e. The molecule has 0 saturated carbocycles. The van der Waals surface area contributed by atoms with Gasteiger partial charge in [-0.25, -0.2) is 4.98 Å². The molecule has 1 N–H and O–H groups in total. The molecule has 0 amide bonds. The number of aliphatic hydroxyl groups excluding tert-OH is 1. The van der Waals surface area contributed by atoms with E-state index >= 15 is 0 Å². The van der Waals surface area contributed by atoms with Crippen molar-refractivity contribution < 1.29 is 9.52 Å². The number of likely N-dealkylation sites (tertiary alicyclic amines) is 1. The van der Waals surface area contributed by atoms with Crippen LogP contribution in [0, 0.1) is 5.92 Å². The predicted octanol–water partition coefficient (Wildman–Crippen LogP) is 3.00. The maximum absolute atomic E-state index is 9.62. The summed E-state index contributed by atoms with van der Waals surface area (Å²) in [7, 11) is 0. The molecule has 108 valence electrons. The minimum absolute atomic E-state index is 0.177. The highest BCUT2D eigenvalue weighted by Gasteiger charge is 2.23. The molecule has 3 heterocycles. The van der Waals surface area contributed by atoms with Crippen molar-refractivity contribution in [2.24, 2.45) is 5.92 Å². The highest BCUT2D eigenvalue weighted by Crippen LogP contribution is 2.26. The number of hydrogen-bond acceptors (Lipinski definition) is 5. The maximum atomic E-state index is 9.62. The molecule has 0 bridgehead atoms. The molecule has 0 spiro atoms. The first kappa shape index (κ1) is 13.8. The van der Waals surface area contributed by atoms with Crippen LogP contribution in [-0.2, 0) is 6.54 Å². The van der Waals surface area contributed by atoms with Crippen molar-refractivity contribution in [2.45, 2.75) is 32.4 Å². The molecule has 5 heteroatoms. The molecule has 1 atom stereocenters. The van der Waals surface area contributed by atoms with Crippen molar-refractivity contribution in [3.63, 3.8) is 0 Å². The van der Waals surface area contributed by atoms with Gasteiger partial charge in [-0.2, -0.15) is 0 Å². The van der Waals surface area contributed by atoms with E-state index in [1.54, 1.807) is 23.9 Å². The van der Waals surface area contributed by atoms with E-state index in [4.69, 9.17) is 4.42 Å². The van der Waals surface area contributed by atoms with Crippen LogP contribution in [0.25, 0.3) is 10.6 Å². The van der Waals surface area contributed by atoms with Crippen LogP contribution in [0.1, 0.15) is 25.5 Å². The highest BCUT2D eigenvalue weighted by molar-refractivity contribution is 7.13. The summed E-state index contributed by atoms with van der Waals surface area (Å²) in [6.07, 6.45) is 5.39. The number of rotatable bonds is 4. The molecule has 0 aliphatic carbocycles. The lowest BCUT2D eigenvalue weighted by Crippen LogP contribution is -2.36. The Kier molecular flexibility index (Phi) is 4.19. The zero-order valence-electron chi connectivity index (χ0n) is 11.7.